The number of amides is 2. The molecule has 6 heteroatoms. The Labute approximate surface area is 315 Å². The van der Waals surface area contributed by atoms with Gasteiger partial charge in [0.1, 0.15) is 11.0 Å². The lowest BCUT2D eigenvalue weighted by Crippen LogP contribution is -2.59. The van der Waals surface area contributed by atoms with E-state index in [0.717, 1.165) is 22.3 Å². The zero-order valence-electron chi connectivity index (χ0n) is 30.3. The molecule has 4 atom stereocenters. The fourth-order valence-corrected chi connectivity index (χ4v) is 9.95. The van der Waals surface area contributed by atoms with Crippen molar-refractivity contribution in [3.8, 4) is 0 Å². The predicted octanol–water partition coefficient (Wildman–Crippen LogP) is 8.36. The van der Waals surface area contributed by atoms with Crippen LogP contribution in [0.5, 0.6) is 0 Å². The summed E-state index contributed by atoms with van der Waals surface area (Å²) >= 11 is 0. The van der Waals surface area contributed by atoms with Crippen molar-refractivity contribution in [2.24, 2.45) is 5.92 Å². The molecular weight excluding hydrogens is 669 g/mol. The molecule has 2 spiro atoms. The van der Waals surface area contributed by atoms with Crippen LogP contribution >= 0.6 is 0 Å². The first-order valence-corrected chi connectivity index (χ1v) is 18.5. The number of hydrogen-bond donors (Lipinski definition) is 1. The minimum Gasteiger partial charge on any atom is -0.384 e. The molecule has 0 aromatic heterocycles. The summed E-state index contributed by atoms with van der Waals surface area (Å²) in [5.74, 6) is -2.37. The van der Waals surface area contributed by atoms with E-state index in [1.165, 1.54) is 0 Å². The summed E-state index contributed by atoms with van der Waals surface area (Å²) in [7, 11) is 0. The maximum absolute atomic E-state index is 16.1. The van der Waals surface area contributed by atoms with Gasteiger partial charge in [0, 0.05) is 23.4 Å². The van der Waals surface area contributed by atoms with Crippen molar-refractivity contribution in [2.75, 3.05) is 9.80 Å². The first kappa shape index (κ1) is 33.7. The van der Waals surface area contributed by atoms with Crippen LogP contribution in [0.25, 0.3) is 0 Å². The van der Waals surface area contributed by atoms with Crippen molar-refractivity contribution in [1.29, 1.82) is 0 Å². The van der Waals surface area contributed by atoms with Crippen molar-refractivity contribution in [3.63, 3.8) is 0 Å². The number of benzene rings is 6. The summed E-state index contributed by atoms with van der Waals surface area (Å²) in [5.41, 5.74) is 1.86. The molecule has 6 nitrogen and oxygen atoms in total. The van der Waals surface area contributed by atoms with E-state index >= 15 is 14.4 Å². The Morgan fingerprint density at radius 3 is 1.70 bits per heavy atom. The number of carbonyl (C=O) groups excluding carboxylic acids is 3. The van der Waals surface area contributed by atoms with Crippen molar-refractivity contribution in [1.82, 2.24) is 0 Å². The predicted molar refractivity (Wildman–Crippen MR) is 210 cm³/mol. The lowest BCUT2D eigenvalue weighted by atomic mass is 9.58. The van der Waals surface area contributed by atoms with Crippen LogP contribution in [0.15, 0.2) is 158 Å². The molecule has 0 radical (unpaired) electrons. The topological polar surface area (TPSA) is 77.9 Å². The van der Waals surface area contributed by atoms with Crippen LogP contribution in [0.1, 0.15) is 55.7 Å². The molecule has 3 aliphatic rings. The summed E-state index contributed by atoms with van der Waals surface area (Å²) in [4.78, 5) is 51.2. The molecule has 1 N–H and O–H groups in total. The number of hydrogen-bond acceptors (Lipinski definition) is 4. The van der Waals surface area contributed by atoms with E-state index in [-0.39, 0.29) is 31.2 Å². The Morgan fingerprint density at radius 2 is 1.11 bits per heavy atom. The largest absolute Gasteiger partial charge is 0.384 e. The van der Waals surface area contributed by atoms with Gasteiger partial charge in [-0.3, -0.25) is 14.4 Å². The molecular formula is C48H40N2O4. The number of Topliss-reactive ketones (excluding diaryl/α,β-unsaturated/α-hetero) is 1. The fraction of sp³-hybridized carbons (Fsp3) is 0.188. The lowest BCUT2D eigenvalue weighted by Gasteiger charge is -2.42. The number of carbonyl (C=O) groups is 3. The van der Waals surface area contributed by atoms with Crippen LogP contribution in [0.2, 0.25) is 0 Å². The summed E-state index contributed by atoms with van der Waals surface area (Å²) < 4.78 is 0. The summed E-state index contributed by atoms with van der Waals surface area (Å²) in [6.45, 7) is 4.53. The summed E-state index contributed by atoms with van der Waals surface area (Å²) in [6, 6.07) is 49.3. The Morgan fingerprint density at radius 1 is 0.611 bits per heavy atom. The number of fused-ring (bicyclic) bond motifs is 4. The van der Waals surface area contributed by atoms with Crippen LogP contribution in [-0.2, 0) is 39.1 Å². The zero-order chi connectivity index (χ0) is 37.2. The number of rotatable bonds is 7. The second-order valence-electron chi connectivity index (χ2n) is 15.1. The monoisotopic (exact) mass is 708 g/mol. The number of anilines is 2. The molecule has 0 saturated heterocycles. The van der Waals surface area contributed by atoms with E-state index in [0.29, 0.717) is 33.6 Å². The third-order valence-electron chi connectivity index (χ3n) is 12.0. The molecule has 54 heavy (non-hydrogen) atoms. The maximum Gasteiger partial charge on any atom is 0.242 e. The van der Waals surface area contributed by atoms with Gasteiger partial charge in [-0.1, -0.05) is 157 Å². The number of nitrogens with zero attached hydrogens (tertiary/aromatic N) is 2. The smallest absolute Gasteiger partial charge is 0.242 e. The first-order valence-electron chi connectivity index (χ1n) is 18.5. The summed E-state index contributed by atoms with van der Waals surface area (Å²) in [5, 5.41) is 13.9. The van der Waals surface area contributed by atoms with Crippen molar-refractivity contribution in [2.45, 2.75) is 49.8 Å². The van der Waals surface area contributed by atoms with Gasteiger partial charge in [0.25, 0.3) is 0 Å². The van der Waals surface area contributed by atoms with Crippen LogP contribution < -0.4 is 9.80 Å². The van der Waals surface area contributed by atoms with Gasteiger partial charge in [0.05, 0.1) is 24.4 Å². The highest BCUT2D eigenvalue weighted by atomic mass is 16.3. The molecule has 1 saturated carbocycles. The highest BCUT2D eigenvalue weighted by Crippen LogP contribution is 2.71. The molecule has 6 aromatic rings. The van der Waals surface area contributed by atoms with Crippen LogP contribution in [0.4, 0.5) is 11.4 Å². The van der Waals surface area contributed by atoms with Crippen LogP contribution in [0.3, 0.4) is 0 Å². The van der Waals surface area contributed by atoms with E-state index in [1.807, 2.05) is 141 Å². The van der Waals surface area contributed by atoms with Crippen LogP contribution in [-0.4, -0.2) is 22.7 Å². The van der Waals surface area contributed by atoms with Gasteiger partial charge in [-0.05, 0) is 53.8 Å². The van der Waals surface area contributed by atoms with Gasteiger partial charge >= 0.3 is 0 Å². The fourth-order valence-electron chi connectivity index (χ4n) is 9.95. The maximum atomic E-state index is 16.1. The summed E-state index contributed by atoms with van der Waals surface area (Å²) in [6.07, 6.45) is -0.175. The third kappa shape index (κ3) is 4.66. The van der Waals surface area contributed by atoms with E-state index in [1.54, 1.807) is 34.1 Å². The highest BCUT2D eigenvalue weighted by Gasteiger charge is 2.82. The molecule has 0 bridgehead atoms. The zero-order valence-corrected chi connectivity index (χ0v) is 30.3. The minimum atomic E-state index is -1.99. The first-order chi connectivity index (χ1) is 26.2. The molecule has 1 fully saturated rings. The van der Waals surface area contributed by atoms with E-state index in [4.69, 9.17) is 0 Å². The SMILES string of the molecule is Cc1cccc(CN2C(=O)[C@]3(c4ccccc42)[C@H](C(=O)c2ccccc2)[C@]2(C[C@]3(O)c3ccccc3)C(=O)N(Cc3cccc(C)c3)c3ccccc32)c1. The highest BCUT2D eigenvalue weighted by molar-refractivity contribution is 6.20. The minimum absolute atomic E-state index is 0.175. The number of para-hydroxylation sites is 2. The van der Waals surface area contributed by atoms with Gasteiger partial charge in [-0.15, -0.1) is 0 Å². The van der Waals surface area contributed by atoms with Crippen LogP contribution in [0, 0.1) is 19.8 Å². The Bertz CT molecular complexity index is 2460. The Hall–Kier alpha value is -6.11. The lowest BCUT2D eigenvalue weighted by molar-refractivity contribution is -0.135. The average Bonchev–Trinajstić information content (AvgIpc) is 3.69. The molecule has 1 aliphatic carbocycles. The second kappa shape index (κ2) is 12.5. The normalized spacial score (nSPS) is 24.0. The molecule has 266 valence electrons. The number of ketones is 1. The number of aryl methyl sites for hydroxylation is 2. The quantitative estimate of drug-likeness (QED) is 0.169. The van der Waals surface area contributed by atoms with Gasteiger partial charge < -0.3 is 14.9 Å². The van der Waals surface area contributed by atoms with E-state index < -0.39 is 28.3 Å². The molecule has 2 amide bonds. The molecule has 2 heterocycles. The van der Waals surface area contributed by atoms with E-state index in [9.17, 15) is 5.11 Å². The third-order valence-corrected chi connectivity index (χ3v) is 12.0. The molecule has 2 aliphatic heterocycles. The number of aliphatic hydroxyl groups is 1. The second-order valence-corrected chi connectivity index (χ2v) is 15.1. The van der Waals surface area contributed by atoms with Gasteiger partial charge in [0.2, 0.25) is 11.8 Å². The van der Waals surface area contributed by atoms with Crippen molar-refractivity contribution < 1.29 is 19.5 Å². The Balaban J connectivity index is 1.36. The Kier molecular flexibility index (Phi) is 7.80. The molecule has 0 unspecified atom stereocenters. The van der Waals surface area contributed by atoms with E-state index in [2.05, 4.69) is 6.07 Å². The van der Waals surface area contributed by atoms with Gasteiger partial charge in [0.15, 0.2) is 5.78 Å². The average molecular weight is 709 g/mol. The molecule has 6 aromatic carbocycles. The van der Waals surface area contributed by atoms with Gasteiger partial charge in [-0.25, -0.2) is 0 Å². The standard InChI is InChI=1S/C48H40N2O4/c1-32-15-13-17-34(27-32)29-49-40-25-11-9-23-38(40)46(44(49)52)31-47(54,37-21-7-4-8-22-37)48(43(46)42(51)36-19-5-3-6-20-36)39-24-10-12-26-41(39)50(45(48)53)30-35-18-14-16-33(2)28-35/h3-28,43,54H,29-31H2,1-2H3/t43-,46-,47+,48+/m1/s1. The molecule has 9 rings (SSSR count). The van der Waals surface area contributed by atoms with Crippen molar-refractivity contribution >= 4 is 29.0 Å². The van der Waals surface area contributed by atoms with Gasteiger partial charge in [-0.2, -0.15) is 0 Å². The van der Waals surface area contributed by atoms with Crippen molar-refractivity contribution in [3.05, 3.63) is 202 Å².